The van der Waals surface area contributed by atoms with Crippen molar-refractivity contribution in [1.29, 1.82) is 0 Å². The van der Waals surface area contributed by atoms with E-state index in [0.29, 0.717) is 18.4 Å². The lowest BCUT2D eigenvalue weighted by molar-refractivity contribution is -0.147. The van der Waals surface area contributed by atoms with Crippen molar-refractivity contribution in [3.8, 4) is 11.5 Å². The normalized spacial score (nSPS) is 13.5. The highest BCUT2D eigenvalue weighted by Crippen LogP contribution is 2.34. The van der Waals surface area contributed by atoms with E-state index >= 15 is 0 Å². The van der Waals surface area contributed by atoms with Gasteiger partial charge in [-0.2, -0.15) is 0 Å². The van der Waals surface area contributed by atoms with Crippen LogP contribution in [0.15, 0.2) is 18.2 Å². The van der Waals surface area contributed by atoms with Gasteiger partial charge in [0.25, 0.3) is 0 Å². The van der Waals surface area contributed by atoms with Crippen LogP contribution >= 0.6 is 0 Å². The number of nitrogens with one attached hydrogen (secondary N) is 1. The third-order valence-corrected chi connectivity index (χ3v) is 6.04. The quantitative estimate of drug-likeness (QED) is 0.310. The smallest absolute Gasteiger partial charge is 0.321 e. The van der Waals surface area contributed by atoms with Gasteiger partial charge in [-0.3, -0.25) is 19.2 Å². The molecule has 196 valence electrons. The fraction of sp³-hybridized carbons (Fsp3) is 0.615. The number of carbonyl (C=O) groups excluding carboxylic acids is 3. The Bertz CT molecular complexity index is 922. The first kappa shape index (κ1) is 30.1. The summed E-state index contributed by atoms with van der Waals surface area (Å²) >= 11 is 0. The van der Waals surface area contributed by atoms with Gasteiger partial charge in [0.15, 0.2) is 11.5 Å². The second-order valence-electron chi connectivity index (χ2n) is 9.96. The molecule has 1 unspecified atom stereocenters. The van der Waals surface area contributed by atoms with E-state index in [1.165, 1.54) is 19.1 Å². The van der Waals surface area contributed by atoms with Gasteiger partial charge in [0.05, 0.1) is 10.8 Å². The molecule has 0 aromatic heterocycles. The van der Waals surface area contributed by atoms with Gasteiger partial charge in [-0.15, -0.1) is 0 Å². The zero-order chi connectivity index (χ0) is 27.0. The first-order valence-electron chi connectivity index (χ1n) is 11.8. The van der Waals surface area contributed by atoms with Crippen LogP contribution in [0.2, 0.25) is 0 Å². The highest BCUT2D eigenvalue weighted by atomic mass is 16.6. The molecule has 9 heteroatoms. The number of aliphatic carboxylic acids is 1. The van der Waals surface area contributed by atoms with Crippen LogP contribution < -0.4 is 14.8 Å². The minimum atomic E-state index is -1.09. The number of carboxylic acids is 1. The number of carbonyl (C=O) groups is 4. The minimum absolute atomic E-state index is 0.0479. The van der Waals surface area contributed by atoms with Gasteiger partial charge in [0.2, 0.25) is 0 Å². The molecule has 0 saturated carbocycles. The minimum Gasteiger partial charge on any atom is -0.480 e. The molecule has 1 rings (SSSR count). The van der Waals surface area contributed by atoms with Crippen LogP contribution in [-0.4, -0.2) is 47.7 Å². The number of ether oxygens (including phenoxy) is 3. The van der Waals surface area contributed by atoms with Crippen LogP contribution in [0.1, 0.15) is 73.8 Å². The van der Waals surface area contributed by atoms with Crippen molar-refractivity contribution in [1.82, 2.24) is 5.32 Å². The van der Waals surface area contributed by atoms with E-state index in [2.05, 4.69) is 5.32 Å². The number of esters is 3. The van der Waals surface area contributed by atoms with Gasteiger partial charge in [-0.1, -0.05) is 19.9 Å². The summed E-state index contributed by atoms with van der Waals surface area (Å²) in [6.45, 7) is 13.8. The molecule has 0 aliphatic heterocycles. The van der Waals surface area contributed by atoms with Crippen molar-refractivity contribution >= 4 is 23.9 Å². The number of hydrogen-bond acceptors (Lipinski definition) is 8. The molecule has 0 spiro atoms. The van der Waals surface area contributed by atoms with E-state index in [1.54, 1.807) is 40.7 Å². The largest absolute Gasteiger partial charge is 0.480 e. The maximum atomic E-state index is 12.8. The SMILES string of the molecule is CCC(C)(C)C(=O)Oc1ccc(C[C@H](NCC(C)OC(C)=O)C(=O)O)cc1OC(=O)C(C)(C)CC. The van der Waals surface area contributed by atoms with Gasteiger partial charge >= 0.3 is 23.9 Å². The Morgan fingerprint density at radius 3 is 1.91 bits per heavy atom. The summed E-state index contributed by atoms with van der Waals surface area (Å²) in [5.74, 6) is -2.37. The van der Waals surface area contributed by atoms with Crippen molar-refractivity contribution < 1.29 is 38.5 Å². The summed E-state index contributed by atoms with van der Waals surface area (Å²) in [5.41, 5.74) is -0.950. The number of carboxylic acid groups (broad SMARTS) is 1. The molecule has 2 N–H and O–H groups in total. The van der Waals surface area contributed by atoms with Crippen molar-refractivity contribution in [2.24, 2.45) is 10.8 Å². The Kier molecular flexibility index (Phi) is 10.9. The highest BCUT2D eigenvalue weighted by Gasteiger charge is 2.31. The lowest BCUT2D eigenvalue weighted by Crippen LogP contribution is -2.42. The summed E-state index contributed by atoms with van der Waals surface area (Å²) < 4.78 is 16.2. The van der Waals surface area contributed by atoms with E-state index in [4.69, 9.17) is 14.2 Å². The van der Waals surface area contributed by atoms with Crippen LogP contribution in [-0.2, 0) is 30.3 Å². The summed E-state index contributed by atoms with van der Waals surface area (Å²) in [4.78, 5) is 48.3. The van der Waals surface area contributed by atoms with Crippen molar-refractivity contribution in [3.05, 3.63) is 23.8 Å². The fourth-order valence-corrected chi connectivity index (χ4v) is 2.72. The Labute approximate surface area is 207 Å². The standard InChI is InChI=1S/C26H39NO8/c1-9-25(5,6)23(31)34-20-12-11-18(14-21(20)35-24(32)26(7,8)10-2)13-19(22(29)30)27-15-16(3)33-17(4)28/h11-12,14,16,19,27H,9-10,13,15H2,1-8H3,(H,29,30)/t16?,19-/m0/s1. The molecule has 1 aromatic carbocycles. The molecule has 0 heterocycles. The average molecular weight is 494 g/mol. The van der Waals surface area contributed by atoms with Crippen molar-refractivity contribution in [2.75, 3.05) is 6.54 Å². The molecule has 9 nitrogen and oxygen atoms in total. The van der Waals surface area contributed by atoms with Gasteiger partial charge in [0.1, 0.15) is 12.1 Å². The molecule has 35 heavy (non-hydrogen) atoms. The summed E-state index contributed by atoms with van der Waals surface area (Å²) in [7, 11) is 0. The van der Waals surface area contributed by atoms with Crippen LogP contribution in [0.5, 0.6) is 11.5 Å². The van der Waals surface area contributed by atoms with E-state index in [9.17, 15) is 24.3 Å². The summed E-state index contributed by atoms with van der Waals surface area (Å²) in [6, 6.07) is 3.65. The predicted molar refractivity (Wildman–Crippen MR) is 130 cm³/mol. The Balaban J connectivity index is 3.22. The maximum absolute atomic E-state index is 12.8. The first-order chi connectivity index (χ1) is 16.1. The zero-order valence-corrected chi connectivity index (χ0v) is 22.0. The van der Waals surface area contributed by atoms with Gasteiger partial charge in [0, 0.05) is 13.5 Å². The molecule has 0 amide bonds. The monoisotopic (exact) mass is 493 g/mol. The fourth-order valence-electron chi connectivity index (χ4n) is 2.72. The van der Waals surface area contributed by atoms with Crippen LogP contribution in [0.3, 0.4) is 0 Å². The van der Waals surface area contributed by atoms with Gasteiger partial charge in [-0.05, 0) is 71.6 Å². The third kappa shape index (κ3) is 9.32. The van der Waals surface area contributed by atoms with E-state index in [1.807, 2.05) is 13.8 Å². The second-order valence-corrected chi connectivity index (χ2v) is 9.96. The molecule has 0 radical (unpaired) electrons. The lowest BCUT2D eigenvalue weighted by atomic mass is 9.90. The third-order valence-electron chi connectivity index (χ3n) is 6.04. The maximum Gasteiger partial charge on any atom is 0.321 e. The molecular formula is C26H39NO8. The van der Waals surface area contributed by atoms with Crippen LogP contribution in [0.4, 0.5) is 0 Å². The summed E-state index contributed by atoms with van der Waals surface area (Å²) in [5, 5.41) is 12.5. The Morgan fingerprint density at radius 1 is 0.943 bits per heavy atom. The van der Waals surface area contributed by atoms with Crippen LogP contribution in [0, 0.1) is 10.8 Å². The second kappa shape index (κ2) is 12.7. The van der Waals surface area contributed by atoms with E-state index in [-0.39, 0.29) is 24.5 Å². The number of hydrogen-bond donors (Lipinski definition) is 2. The predicted octanol–water partition coefficient (Wildman–Crippen LogP) is 3.91. The molecule has 1 aromatic rings. The number of benzene rings is 1. The molecule has 2 atom stereocenters. The summed E-state index contributed by atoms with van der Waals surface area (Å²) in [6.07, 6.45) is 0.638. The van der Waals surface area contributed by atoms with Crippen molar-refractivity contribution in [3.63, 3.8) is 0 Å². The lowest BCUT2D eigenvalue weighted by Gasteiger charge is -2.24. The Hall–Kier alpha value is -2.94. The van der Waals surface area contributed by atoms with Crippen molar-refractivity contribution in [2.45, 2.75) is 86.8 Å². The molecule has 0 saturated heterocycles. The van der Waals surface area contributed by atoms with Crippen LogP contribution in [0.25, 0.3) is 0 Å². The van der Waals surface area contributed by atoms with E-state index in [0.717, 1.165) is 0 Å². The molecule has 0 aliphatic rings. The molecular weight excluding hydrogens is 454 g/mol. The molecule has 0 bridgehead atoms. The Morgan fingerprint density at radius 2 is 1.46 bits per heavy atom. The van der Waals surface area contributed by atoms with Gasteiger partial charge < -0.3 is 24.6 Å². The van der Waals surface area contributed by atoms with Gasteiger partial charge in [-0.25, -0.2) is 0 Å². The topological polar surface area (TPSA) is 128 Å². The zero-order valence-electron chi connectivity index (χ0n) is 22.0. The number of rotatable bonds is 13. The molecule has 0 aliphatic carbocycles. The van der Waals surface area contributed by atoms with E-state index < -0.39 is 46.9 Å². The molecule has 0 fully saturated rings. The first-order valence-corrected chi connectivity index (χ1v) is 11.8. The highest BCUT2D eigenvalue weighted by molar-refractivity contribution is 5.81. The average Bonchev–Trinajstić information content (AvgIpc) is 2.77.